The molecule has 8 heteroatoms. The predicted octanol–water partition coefficient (Wildman–Crippen LogP) is 0.880. The molecule has 2 rings (SSSR count). The van der Waals surface area contributed by atoms with E-state index >= 15 is 0 Å². The van der Waals surface area contributed by atoms with E-state index in [1.807, 2.05) is 6.92 Å². The highest BCUT2D eigenvalue weighted by atomic mass is 32.2. The first-order chi connectivity index (χ1) is 10.8. The van der Waals surface area contributed by atoms with E-state index in [2.05, 4.69) is 14.7 Å². The van der Waals surface area contributed by atoms with Gasteiger partial charge < -0.3 is 5.73 Å². The Morgan fingerprint density at radius 2 is 1.87 bits per heavy atom. The summed E-state index contributed by atoms with van der Waals surface area (Å²) in [6, 6.07) is 6.63. The van der Waals surface area contributed by atoms with Crippen LogP contribution < -0.4 is 16.0 Å². The summed E-state index contributed by atoms with van der Waals surface area (Å²) >= 11 is 0. The molecule has 0 atom stereocenters. The van der Waals surface area contributed by atoms with Crippen molar-refractivity contribution in [1.82, 2.24) is 14.7 Å². The average Bonchev–Trinajstić information content (AvgIpc) is 2.45. The van der Waals surface area contributed by atoms with Crippen molar-refractivity contribution >= 4 is 16.0 Å². The Bertz CT molecular complexity index is 842. The molecule has 0 saturated carbocycles. The molecule has 0 unspecified atom stereocenters. The number of nitrogens with zero attached hydrogens (tertiary/aromatic N) is 1. The monoisotopic (exact) mass is 336 g/mol. The number of H-pyrrole nitrogens is 1. The number of aromatic amines is 1. The number of nitrogens with one attached hydrogen (secondary N) is 2. The fraction of sp³-hybridized carbons (Fsp3) is 0.333. The van der Waals surface area contributed by atoms with Gasteiger partial charge in [0.2, 0.25) is 16.0 Å². The molecule has 0 radical (unpaired) electrons. The van der Waals surface area contributed by atoms with Crippen molar-refractivity contribution in [3.8, 4) is 0 Å². The third-order valence-corrected chi connectivity index (χ3v) is 4.94. The van der Waals surface area contributed by atoms with E-state index in [9.17, 15) is 13.2 Å². The fourth-order valence-corrected chi connectivity index (χ4v) is 3.27. The highest BCUT2D eigenvalue weighted by Gasteiger charge is 2.13. The maximum atomic E-state index is 12.1. The molecule has 0 aliphatic heterocycles. The quantitative estimate of drug-likeness (QED) is 0.677. The summed E-state index contributed by atoms with van der Waals surface area (Å²) in [7, 11) is -3.53. The van der Waals surface area contributed by atoms with Crippen LogP contribution >= 0.6 is 0 Å². The molecule has 0 bridgehead atoms. The van der Waals surface area contributed by atoms with Crippen molar-refractivity contribution in [2.45, 2.75) is 31.6 Å². The van der Waals surface area contributed by atoms with Gasteiger partial charge in [-0.05, 0) is 38.8 Å². The van der Waals surface area contributed by atoms with E-state index in [0.29, 0.717) is 24.1 Å². The van der Waals surface area contributed by atoms with Crippen LogP contribution in [0.1, 0.15) is 23.2 Å². The molecule has 0 spiro atoms. The van der Waals surface area contributed by atoms with Crippen LogP contribution in [-0.2, 0) is 16.4 Å². The van der Waals surface area contributed by atoms with E-state index in [4.69, 9.17) is 5.73 Å². The third-order valence-electron chi connectivity index (χ3n) is 3.47. The van der Waals surface area contributed by atoms with Crippen LogP contribution in [0.3, 0.4) is 0 Å². The van der Waals surface area contributed by atoms with Gasteiger partial charge in [0.25, 0.3) is 5.56 Å². The van der Waals surface area contributed by atoms with Crippen molar-refractivity contribution in [2.75, 3.05) is 12.3 Å². The van der Waals surface area contributed by atoms with E-state index in [1.165, 1.54) is 0 Å². The minimum absolute atomic E-state index is 0.0799. The molecular formula is C15H20N4O3S. The Morgan fingerprint density at radius 3 is 2.48 bits per heavy atom. The topological polar surface area (TPSA) is 118 Å². The van der Waals surface area contributed by atoms with Gasteiger partial charge >= 0.3 is 0 Å². The number of sulfonamides is 1. The lowest BCUT2D eigenvalue weighted by Crippen LogP contribution is -2.26. The number of nitrogens with two attached hydrogens (primary N) is 1. The standard InChI is InChI=1S/C15H20N4O3S/c1-10-5-7-12(8-6-10)23(21,22)17-9-3-4-13-11(2)18-15(16)19-14(13)20/h5-8,17H,3-4,9H2,1-2H3,(H3,16,18,19,20). The molecular weight excluding hydrogens is 316 g/mol. The smallest absolute Gasteiger partial charge is 0.255 e. The molecule has 124 valence electrons. The molecule has 2 aromatic rings. The van der Waals surface area contributed by atoms with Crippen molar-refractivity contribution in [3.05, 3.63) is 51.4 Å². The van der Waals surface area contributed by atoms with Gasteiger partial charge in [-0.15, -0.1) is 0 Å². The van der Waals surface area contributed by atoms with Gasteiger partial charge in [0, 0.05) is 17.8 Å². The van der Waals surface area contributed by atoms with Crippen LogP contribution in [0.5, 0.6) is 0 Å². The first kappa shape index (κ1) is 17.2. The lowest BCUT2D eigenvalue weighted by molar-refractivity contribution is 0.579. The zero-order chi connectivity index (χ0) is 17.0. The summed E-state index contributed by atoms with van der Waals surface area (Å²) in [5.74, 6) is 0.0799. The summed E-state index contributed by atoms with van der Waals surface area (Å²) in [6.45, 7) is 3.83. The maximum absolute atomic E-state index is 12.1. The number of nitrogen functional groups attached to an aromatic ring is 1. The second-order valence-corrected chi connectivity index (χ2v) is 7.10. The van der Waals surface area contributed by atoms with Crippen LogP contribution in [0, 0.1) is 13.8 Å². The van der Waals surface area contributed by atoms with E-state index in [0.717, 1.165) is 5.56 Å². The van der Waals surface area contributed by atoms with Crippen LogP contribution in [0.15, 0.2) is 34.0 Å². The average molecular weight is 336 g/mol. The normalized spacial score (nSPS) is 11.6. The second-order valence-electron chi connectivity index (χ2n) is 5.33. The van der Waals surface area contributed by atoms with E-state index in [-0.39, 0.29) is 22.9 Å². The summed E-state index contributed by atoms with van der Waals surface area (Å²) in [4.78, 5) is 18.5. The zero-order valence-corrected chi connectivity index (χ0v) is 13.9. The minimum Gasteiger partial charge on any atom is -0.369 e. The van der Waals surface area contributed by atoms with Crippen molar-refractivity contribution in [1.29, 1.82) is 0 Å². The molecule has 1 aromatic carbocycles. The van der Waals surface area contributed by atoms with Gasteiger partial charge in [-0.1, -0.05) is 17.7 Å². The third kappa shape index (κ3) is 4.40. The Morgan fingerprint density at radius 1 is 1.22 bits per heavy atom. The first-order valence-corrected chi connectivity index (χ1v) is 8.69. The molecule has 0 aliphatic carbocycles. The summed E-state index contributed by atoms with van der Waals surface area (Å²) in [5.41, 5.74) is 7.26. The lowest BCUT2D eigenvalue weighted by Gasteiger charge is -2.08. The Labute approximate surface area is 135 Å². The number of hydrogen-bond donors (Lipinski definition) is 3. The molecule has 0 saturated heterocycles. The SMILES string of the molecule is Cc1ccc(S(=O)(=O)NCCCc2c(C)nc(N)[nH]c2=O)cc1. The molecule has 0 amide bonds. The van der Waals surface area contributed by atoms with Gasteiger partial charge in [0.15, 0.2) is 0 Å². The fourth-order valence-electron chi connectivity index (χ4n) is 2.20. The zero-order valence-electron chi connectivity index (χ0n) is 13.1. The van der Waals surface area contributed by atoms with Gasteiger partial charge in [-0.25, -0.2) is 18.1 Å². The van der Waals surface area contributed by atoms with Crippen LogP contribution in [0.25, 0.3) is 0 Å². The number of hydrogen-bond acceptors (Lipinski definition) is 5. The molecule has 23 heavy (non-hydrogen) atoms. The second kappa shape index (κ2) is 6.93. The molecule has 0 aliphatic rings. The van der Waals surface area contributed by atoms with Gasteiger partial charge in [0.05, 0.1) is 4.90 Å². The molecule has 1 heterocycles. The highest BCUT2D eigenvalue weighted by molar-refractivity contribution is 7.89. The summed E-state index contributed by atoms with van der Waals surface area (Å²) < 4.78 is 26.8. The number of aromatic nitrogens is 2. The predicted molar refractivity (Wildman–Crippen MR) is 88.7 cm³/mol. The van der Waals surface area contributed by atoms with Crippen molar-refractivity contribution in [2.24, 2.45) is 0 Å². The van der Waals surface area contributed by atoms with Gasteiger partial charge in [-0.3, -0.25) is 9.78 Å². The maximum Gasteiger partial charge on any atom is 0.255 e. The van der Waals surface area contributed by atoms with Gasteiger partial charge in [0.1, 0.15) is 0 Å². The number of aryl methyl sites for hydroxylation is 2. The Balaban J connectivity index is 1.95. The van der Waals surface area contributed by atoms with Crippen LogP contribution in [0.2, 0.25) is 0 Å². The summed E-state index contributed by atoms with van der Waals surface area (Å²) in [6.07, 6.45) is 0.908. The molecule has 1 aromatic heterocycles. The summed E-state index contributed by atoms with van der Waals surface area (Å²) in [5, 5.41) is 0. The molecule has 0 fully saturated rings. The number of anilines is 1. The van der Waals surface area contributed by atoms with Crippen LogP contribution in [0.4, 0.5) is 5.95 Å². The largest absolute Gasteiger partial charge is 0.369 e. The minimum atomic E-state index is -3.53. The Hall–Kier alpha value is -2.19. The lowest BCUT2D eigenvalue weighted by atomic mass is 10.1. The van der Waals surface area contributed by atoms with E-state index in [1.54, 1.807) is 31.2 Å². The highest BCUT2D eigenvalue weighted by Crippen LogP contribution is 2.10. The number of benzene rings is 1. The molecule has 4 N–H and O–H groups in total. The van der Waals surface area contributed by atoms with Crippen molar-refractivity contribution in [3.63, 3.8) is 0 Å². The van der Waals surface area contributed by atoms with Gasteiger partial charge in [-0.2, -0.15) is 0 Å². The Kier molecular flexibility index (Phi) is 5.17. The first-order valence-electron chi connectivity index (χ1n) is 7.21. The number of rotatable bonds is 6. The van der Waals surface area contributed by atoms with Crippen molar-refractivity contribution < 1.29 is 8.42 Å². The molecule has 7 nitrogen and oxygen atoms in total. The van der Waals surface area contributed by atoms with Crippen LogP contribution in [-0.4, -0.2) is 24.9 Å². The van der Waals surface area contributed by atoms with E-state index < -0.39 is 10.0 Å².